The Morgan fingerprint density at radius 3 is 2.33 bits per heavy atom. The van der Waals surface area contributed by atoms with Crippen LogP contribution in [0.4, 0.5) is 24.5 Å². The lowest BCUT2D eigenvalue weighted by molar-refractivity contribution is -0.137. The molecule has 0 bridgehead atoms. The number of hydrogen-bond acceptors (Lipinski definition) is 5. The van der Waals surface area contributed by atoms with Gasteiger partial charge in [0.05, 0.1) is 12.7 Å². The number of benzene rings is 3. The highest BCUT2D eigenvalue weighted by atomic mass is 19.4. The van der Waals surface area contributed by atoms with Gasteiger partial charge in [-0.05, 0) is 67.2 Å². The van der Waals surface area contributed by atoms with Crippen molar-refractivity contribution in [3.63, 3.8) is 0 Å². The van der Waals surface area contributed by atoms with Gasteiger partial charge in [-0.25, -0.2) is 0 Å². The van der Waals surface area contributed by atoms with Gasteiger partial charge in [-0.2, -0.15) is 13.2 Å². The molecule has 1 aliphatic heterocycles. The van der Waals surface area contributed by atoms with Gasteiger partial charge < -0.3 is 24.6 Å². The maximum absolute atomic E-state index is 12.9. The van der Waals surface area contributed by atoms with Crippen LogP contribution in [0.25, 0.3) is 0 Å². The predicted molar refractivity (Wildman–Crippen MR) is 133 cm³/mol. The highest BCUT2D eigenvalue weighted by Crippen LogP contribution is 2.32. The van der Waals surface area contributed by atoms with Crippen molar-refractivity contribution in [3.05, 3.63) is 83.4 Å². The second-order valence-corrected chi connectivity index (χ2v) is 8.64. The molecule has 1 heterocycles. The summed E-state index contributed by atoms with van der Waals surface area (Å²) in [7, 11) is 3.55. The standard InChI is InChI=1S/C27H28F3N3O3/c1-32-12-14-33(15-13-32)23-9-7-22(8-10-23)31-26(34)20-6-11-24(25(17-20)35-2)36-18-19-4-3-5-21(16-19)27(28,29)30/h3-11,16-17H,12-15,18H2,1-2H3,(H,31,34). The van der Waals surface area contributed by atoms with E-state index in [1.165, 1.54) is 19.2 Å². The minimum Gasteiger partial charge on any atom is -0.493 e. The fraction of sp³-hybridized carbons (Fsp3) is 0.296. The Morgan fingerprint density at radius 1 is 0.944 bits per heavy atom. The van der Waals surface area contributed by atoms with Crippen molar-refractivity contribution in [2.24, 2.45) is 0 Å². The van der Waals surface area contributed by atoms with Crippen molar-refractivity contribution in [1.29, 1.82) is 0 Å². The summed E-state index contributed by atoms with van der Waals surface area (Å²) in [5.74, 6) is 0.313. The fourth-order valence-electron chi connectivity index (χ4n) is 3.95. The molecule has 9 heteroatoms. The van der Waals surface area contributed by atoms with Crippen molar-refractivity contribution in [2.45, 2.75) is 12.8 Å². The van der Waals surface area contributed by atoms with Crippen LogP contribution in [0.3, 0.4) is 0 Å². The van der Waals surface area contributed by atoms with Crippen LogP contribution in [-0.4, -0.2) is 51.1 Å². The zero-order chi connectivity index (χ0) is 25.7. The van der Waals surface area contributed by atoms with Gasteiger partial charge in [-0.3, -0.25) is 4.79 Å². The van der Waals surface area contributed by atoms with E-state index in [2.05, 4.69) is 22.2 Å². The highest BCUT2D eigenvalue weighted by Gasteiger charge is 2.30. The van der Waals surface area contributed by atoms with Crippen LogP contribution in [0.2, 0.25) is 0 Å². The minimum atomic E-state index is -4.42. The van der Waals surface area contributed by atoms with Gasteiger partial charge in [0.1, 0.15) is 6.61 Å². The molecule has 1 N–H and O–H groups in total. The van der Waals surface area contributed by atoms with Crippen molar-refractivity contribution < 1.29 is 27.4 Å². The van der Waals surface area contributed by atoms with E-state index in [9.17, 15) is 18.0 Å². The number of alkyl halides is 3. The van der Waals surface area contributed by atoms with E-state index in [4.69, 9.17) is 9.47 Å². The Kier molecular flexibility index (Phi) is 7.69. The van der Waals surface area contributed by atoms with Gasteiger partial charge in [0.15, 0.2) is 11.5 Å². The maximum Gasteiger partial charge on any atom is 0.416 e. The monoisotopic (exact) mass is 499 g/mol. The number of piperazine rings is 1. The molecule has 6 nitrogen and oxygen atoms in total. The molecule has 4 rings (SSSR count). The molecule has 0 aliphatic carbocycles. The molecule has 1 saturated heterocycles. The number of amides is 1. The van der Waals surface area contributed by atoms with Crippen LogP contribution in [-0.2, 0) is 12.8 Å². The van der Waals surface area contributed by atoms with Crippen molar-refractivity contribution in [2.75, 3.05) is 50.6 Å². The highest BCUT2D eigenvalue weighted by molar-refractivity contribution is 6.04. The topological polar surface area (TPSA) is 54.0 Å². The normalized spacial score (nSPS) is 14.4. The molecule has 3 aromatic carbocycles. The third kappa shape index (κ3) is 6.28. The smallest absolute Gasteiger partial charge is 0.416 e. The molecule has 1 fully saturated rings. The second-order valence-electron chi connectivity index (χ2n) is 8.64. The van der Waals surface area contributed by atoms with Crippen LogP contribution in [0.1, 0.15) is 21.5 Å². The number of likely N-dealkylation sites (N-methyl/N-ethyl adjacent to an activating group) is 1. The van der Waals surface area contributed by atoms with E-state index in [1.807, 2.05) is 24.3 Å². The van der Waals surface area contributed by atoms with Crippen molar-refractivity contribution in [1.82, 2.24) is 4.90 Å². The number of methoxy groups -OCH3 is 1. The lowest BCUT2D eigenvalue weighted by atomic mass is 10.1. The second kappa shape index (κ2) is 10.9. The number of anilines is 2. The fourth-order valence-corrected chi connectivity index (χ4v) is 3.95. The molecule has 0 saturated carbocycles. The summed E-state index contributed by atoms with van der Waals surface area (Å²) < 4.78 is 49.9. The van der Waals surface area contributed by atoms with Crippen LogP contribution < -0.4 is 19.7 Å². The number of nitrogens with zero attached hydrogens (tertiary/aromatic N) is 2. The number of hydrogen-bond donors (Lipinski definition) is 1. The lowest BCUT2D eigenvalue weighted by Crippen LogP contribution is -2.44. The Balaban J connectivity index is 1.38. The Bertz CT molecular complexity index is 1190. The van der Waals surface area contributed by atoms with Crippen molar-refractivity contribution in [3.8, 4) is 11.5 Å². The SMILES string of the molecule is COc1cc(C(=O)Nc2ccc(N3CCN(C)CC3)cc2)ccc1OCc1cccc(C(F)(F)F)c1. The van der Waals surface area contributed by atoms with Gasteiger partial charge in [0.25, 0.3) is 5.91 Å². The van der Waals surface area contributed by atoms with Gasteiger partial charge in [-0.1, -0.05) is 12.1 Å². The molecular weight excluding hydrogens is 471 g/mol. The molecule has 1 aliphatic rings. The molecule has 0 radical (unpaired) electrons. The molecule has 3 aromatic rings. The molecule has 0 spiro atoms. The molecule has 0 aromatic heterocycles. The van der Waals surface area contributed by atoms with Gasteiger partial charge in [0, 0.05) is 43.1 Å². The van der Waals surface area contributed by atoms with Crippen LogP contribution in [0.15, 0.2) is 66.7 Å². The molecule has 1 amide bonds. The van der Waals surface area contributed by atoms with Gasteiger partial charge in [-0.15, -0.1) is 0 Å². The van der Waals surface area contributed by atoms with E-state index in [0.29, 0.717) is 28.3 Å². The largest absolute Gasteiger partial charge is 0.493 e. The van der Waals surface area contributed by atoms with Gasteiger partial charge >= 0.3 is 6.18 Å². The average Bonchev–Trinajstić information content (AvgIpc) is 2.88. The quantitative estimate of drug-likeness (QED) is 0.478. The van der Waals surface area contributed by atoms with Crippen LogP contribution >= 0.6 is 0 Å². The first-order valence-electron chi connectivity index (χ1n) is 11.5. The molecule has 0 unspecified atom stereocenters. The van der Waals surface area contributed by atoms with Gasteiger partial charge in [0.2, 0.25) is 0 Å². The lowest BCUT2D eigenvalue weighted by Gasteiger charge is -2.34. The summed E-state index contributed by atoms with van der Waals surface area (Å²) in [5, 5.41) is 2.88. The first kappa shape index (κ1) is 25.4. The van der Waals surface area contributed by atoms with Crippen LogP contribution in [0.5, 0.6) is 11.5 Å². The number of nitrogens with one attached hydrogen (secondary N) is 1. The molecular formula is C27H28F3N3O3. The number of halogens is 3. The molecule has 36 heavy (non-hydrogen) atoms. The van der Waals surface area contributed by atoms with E-state index in [0.717, 1.165) is 44.0 Å². The zero-order valence-electron chi connectivity index (χ0n) is 20.1. The maximum atomic E-state index is 12.9. The third-order valence-electron chi connectivity index (χ3n) is 6.07. The van der Waals surface area contributed by atoms with E-state index in [-0.39, 0.29) is 12.5 Å². The Hall–Kier alpha value is -3.72. The van der Waals surface area contributed by atoms with E-state index in [1.54, 1.807) is 18.2 Å². The number of ether oxygens (including phenoxy) is 2. The summed E-state index contributed by atoms with van der Waals surface area (Å²) in [6.45, 7) is 3.87. The summed E-state index contributed by atoms with van der Waals surface area (Å²) in [4.78, 5) is 17.4. The number of rotatable bonds is 7. The minimum absolute atomic E-state index is 0.0779. The van der Waals surface area contributed by atoms with E-state index < -0.39 is 11.7 Å². The summed E-state index contributed by atoms with van der Waals surface area (Å²) in [6, 6.07) is 17.4. The summed E-state index contributed by atoms with van der Waals surface area (Å²) >= 11 is 0. The van der Waals surface area contributed by atoms with Crippen LogP contribution in [0, 0.1) is 0 Å². The predicted octanol–water partition coefficient (Wildman–Crippen LogP) is 5.30. The Morgan fingerprint density at radius 2 is 1.67 bits per heavy atom. The first-order chi connectivity index (χ1) is 17.2. The van der Waals surface area contributed by atoms with E-state index >= 15 is 0 Å². The molecule has 190 valence electrons. The number of carbonyl (C=O) groups excluding carboxylic acids is 1. The number of carbonyl (C=O) groups is 1. The Labute approximate surface area is 208 Å². The first-order valence-corrected chi connectivity index (χ1v) is 11.5. The zero-order valence-corrected chi connectivity index (χ0v) is 20.1. The summed E-state index contributed by atoms with van der Waals surface area (Å²) in [6.07, 6.45) is -4.42. The third-order valence-corrected chi connectivity index (χ3v) is 6.07. The average molecular weight is 500 g/mol. The summed E-state index contributed by atoms with van der Waals surface area (Å²) in [5.41, 5.74) is 1.78. The molecule has 0 atom stereocenters. The van der Waals surface area contributed by atoms with Crippen molar-refractivity contribution >= 4 is 17.3 Å².